The first-order valence-corrected chi connectivity index (χ1v) is 7.91. The maximum absolute atomic E-state index is 5.47. The number of hydrogen-bond acceptors (Lipinski definition) is 3. The molecule has 1 aliphatic rings. The topological polar surface area (TPSA) is 21.7 Å². The highest BCUT2D eigenvalue weighted by atomic mass is 16.5. The lowest BCUT2D eigenvalue weighted by Gasteiger charge is -2.38. The Morgan fingerprint density at radius 3 is 2.39 bits per heavy atom. The first-order valence-electron chi connectivity index (χ1n) is 7.91. The highest BCUT2D eigenvalue weighted by Crippen LogP contribution is 2.40. The molecule has 3 heteroatoms. The Kier molecular flexibility index (Phi) is 4.28. The van der Waals surface area contributed by atoms with Crippen molar-refractivity contribution in [3.63, 3.8) is 0 Å². The van der Waals surface area contributed by atoms with Crippen molar-refractivity contribution in [1.82, 2.24) is 4.90 Å². The maximum Gasteiger partial charge on any atom is 0.161 e. The van der Waals surface area contributed by atoms with Crippen molar-refractivity contribution < 1.29 is 9.47 Å². The highest BCUT2D eigenvalue weighted by Gasteiger charge is 2.27. The van der Waals surface area contributed by atoms with Crippen LogP contribution in [-0.4, -0.2) is 25.7 Å². The maximum atomic E-state index is 5.47. The molecule has 0 amide bonds. The van der Waals surface area contributed by atoms with Crippen LogP contribution in [0.4, 0.5) is 0 Å². The molecule has 0 N–H and O–H groups in total. The molecule has 0 bridgehead atoms. The van der Waals surface area contributed by atoms with Crippen LogP contribution in [0.15, 0.2) is 49.0 Å². The van der Waals surface area contributed by atoms with Crippen LogP contribution in [0, 0.1) is 0 Å². The highest BCUT2D eigenvalue weighted by molar-refractivity contribution is 5.63. The Morgan fingerprint density at radius 1 is 1.09 bits per heavy atom. The summed E-state index contributed by atoms with van der Waals surface area (Å²) in [4.78, 5) is 2.36. The summed E-state index contributed by atoms with van der Waals surface area (Å²) < 4.78 is 10.9. The van der Waals surface area contributed by atoms with E-state index < -0.39 is 0 Å². The molecule has 0 spiro atoms. The van der Waals surface area contributed by atoms with Gasteiger partial charge in [0.15, 0.2) is 11.5 Å². The molecule has 23 heavy (non-hydrogen) atoms. The van der Waals surface area contributed by atoms with Gasteiger partial charge in [0.2, 0.25) is 0 Å². The molecular formula is C20H23NO2. The predicted molar refractivity (Wildman–Crippen MR) is 93.8 cm³/mol. The Hall–Kier alpha value is -2.42. The second kappa shape index (κ2) is 6.37. The third-order valence-corrected chi connectivity index (χ3v) is 4.64. The monoisotopic (exact) mass is 309 g/mol. The quantitative estimate of drug-likeness (QED) is 0.841. The van der Waals surface area contributed by atoms with E-state index >= 15 is 0 Å². The summed E-state index contributed by atoms with van der Waals surface area (Å²) in [5.41, 5.74) is 4.85. The van der Waals surface area contributed by atoms with Gasteiger partial charge in [-0.25, -0.2) is 0 Å². The Balaban J connectivity index is 1.94. The van der Waals surface area contributed by atoms with Crippen LogP contribution in [0.5, 0.6) is 11.5 Å². The fourth-order valence-corrected chi connectivity index (χ4v) is 3.31. The lowest BCUT2D eigenvalue weighted by atomic mass is 9.91. The Bertz CT molecular complexity index is 709. The van der Waals surface area contributed by atoms with Crippen LogP contribution in [0.3, 0.4) is 0 Å². The fourth-order valence-electron chi connectivity index (χ4n) is 3.31. The number of methoxy groups -OCH3 is 2. The van der Waals surface area contributed by atoms with Crippen molar-refractivity contribution in [3.8, 4) is 11.5 Å². The first kappa shape index (κ1) is 15.5. The molecule has 1 aliphatic heterocycles. The normalized spacial score (nSPS) is 16.7. The summed E-state index contributed by atoms with van der Waals surface area (Å²) in [5, 5.41) is 0. The minimum Gasteiger partial charge on any atom is -0.493 e. The number of ether oxygens (including phenoxy) is 2. The van der Waals surface area contributed by atoms with E-state index in [0.29, 0.717) is 0 Å². The molecule has 0 fully saturated rings. The zero-order chi connectivity index (χ0) is 16.4. The van der Waals surface area contributed by atoms with Crippen molar-refractivity contribution in [3.05, 3.63) is 65.7 Å². The smallest absolute Gasteiger partial charge is 0.161 e. The van der Waals surface area contributed by atoms with E-state index in [-0.39, 0.29) is 6.04 Å². The zero-order valence-electron chi connectivity index (χ0n) is 14.0. The first-order chi connectivity index (χ1) is 11.2. The molecule has 1 atom stereocenters. The van der Waals surface area contributed by atoms with Gasteiger partial charge < -0.3 is 14.4 Å². The average molecular weight is 309 g/mol. The van der Waals surface area contributed by atoms with Gasteiger partial charge in [-0.2, -0.15) is 0 Å². The molecule has 1 heterocycles. The number of hydrogen-bond donors (Lipinski definition) is 0. The Labute approximate surface area is 138 Å². The van der Waals surface area contributed by atoms with Crippen LogP contribution in [0.1, 0.15) is 29.7 Å². The van der Waals surface area contributed by atoms with Crippen molar-refractivity contribution in [2.24, 2.45) is 0 Å². The third-order valence-electron chi connectivity index (χ3n) is 4.64. The molecule has 0 aromatic heterocycles. The molecule has 3 rings (SSSR count). The van der Waals surface area contributed by atoms with Gasteiger partial charge in [-0.1, -0.05) is 36.9 Å². The lowest BCUT2D eigenvalue weighted by Crippen LogP contribution is -2.32. The lowest BCUT2D eigenvalue weighted by molar-refractivity contribution is 0.296. The van der Waals surface area contributed by atoms with E-state index in [4.69, 9.17) is 9.47 Å². The van der Waals surface area contributed by atoms with Crippen molar-refractivity contribution >= 4 is 5.70 Å². The van der Waals surface area contributed by atoms with E-state index in [1.165, 1.54) is 16.7 Å². The van der Waals surface area contributed by atoms with Gasteiger partial charge >= 0.3 is 0 Å². The van der Waals surface area contributed by atoms with E-state index in [1.54, 1.807) is 14.2 Å². The molecule has 120 valence electrons. The largest absolute Gasteiger partial charge is 0.493 e. The minimum absolute atomic E-state index is 0.256. The van der Waals surface area contributed by atoms with E-state index in [9.17, 15) is 0 Å². The zero-order valence-corrected chi connectivity index (χ0v) is 14.0. The van der Waals surface area contributed by atoms with Crippen molar-refractivity contribution in [2.45, 2.75) is 19.4 Å². The van der Waals surface area contributed by atoms with Gasteiger partial charge in [0, 0.05) is 12.2 Å². The number of benzene rings is 2. The van der Waals surface area contributed by atoms with Gasteiger partial charge in [0.05, 0.1) is 20.3 Å². The molecule has 0 saturated heterocycles. The SMILES string of the molecule is C=C(c1ccccc1)N1CCc2cc(OC)c(OC)cc2C1C. The fraction of sp³-hybridized carbons (Fsp3) is 0.300. The van der Waals surface area contributed by atoms with Gasteiger partial charge in [-0.05, 0) is 42.2 Å². The number of rotatable bonds is 4. The van der Waals surface area contributed by atoms with Crippen LogP contribution in [0.25, 0.3) is 5.70 Å². The van der Waals surface area contributed by atoms with Gasteiger partial charge in [0.1, 0.15) is 0 Å². The second-order valence-electron chi connectivity index (χ2n) is 5.84. The summed E-state index contributed by atoms with van der Waals surface area (Å²) in [5.74, 6) is 1.58. The molecule has 2 aromatic carbocycles. The average Bonchev–Trinajstić information content (AvgIpc) is 2.61. The van der Waals surface area contributed by atoms with Gasteiger partial charge in [-0.3, -0.25) is 0 Å². The van der Waals surface area contributed by atoms with Gasteiger partial charge in [0.25, 0.3) is 0 Å². The summed E-state index contributed by atoms with van der Waals surface area (Å²) in [6.45, 7) is 7.49. The molecule has 0 radical (unpaired) electrons. The molecule has 0 aliphatic carbocycles. The number of fused-ring (bicyclic) bond motifs is 1. The summed E-state index contributed by atoms with van der Waals surface area (Å²) in [6.07, 6.45) is 0.978. The minimum atomic E-state index is 0.256. The van der Waals surface area contributed by atoms with Gasteiger partial charge in [-0.15, -0.1) is 0 Å². The third kappa shape index (κ3) is 2.79. The molecule has 2 aromatic rings. The van der Waals surface area contributed by atoms with Crippen LogP contribution >= 0.6 is 0 Å². The van der Waals surface area contributed by atoms with Crippen LogP contribution in [-0.2, 0) is 6.42 Å². The molecule has 1 unspecified atom stereocenters. The molecular weight excluding hydrogens is 286 g/mol. The molecule has 0 saturated carbocycles. The summed E-state index contributed by atoms with van der Waals surface area (Å²) >= 11 is 0. The van der Waals surface area contributed by atoms with E-state index in [2.05, 4.69) is 54.8 Å². The number of nitrogens with zero attached hydrogens (tertiary/aromatic N) is 1. The standard InChI is InChI=1S/C20H23NO2/c1-14(16-8-6-5-7-9-16)21-11-10-17-12-19(22-3)20(23-4)13-18(17)15(21)2/h5-9,12-13,15H,1,10-11H2,2-4H3. The van der Waals surface area contributed by atoms with E-state index in [0.717, 1.165) is 30.2 Å². The summed E-state index contributed by atoms with van der Waals surface area (Å²) in [7, 11) is 3.36. The van der Waals surface area contributed by atoms with E-state index in [1.807, 2.05) is 6.07 Å². The van der Waals surface area contributed by atoms with Crippen molar-refractivity contribution in [2.75, 3.05) is 20.8 Å². The summed E-state index contributed by atoms with van der Waals surface area (Å²) in [6, 6.07) is 14.8. The predicted octanol–water partition coefficient (Wildman–Crippen LogP) is 4.29. The van der Waals surface area contributed by atoms with Crippen molar-refractivity contribution in [1.29, 1.82) is 0 Å². The second-order valence-corrected chi connectivity index (χ2v) is 5.84. The van der Waals surface area contributed by atoms with Crippen LogP contribution < -0.4 is 9.47 Å². The molecule has 3 nitrogen and oxygen atoms in total. The van der Waals surface area contributed by atoms with Crippen LogP contribution in [0.2, 0.25) is 0 Å². The Morgan fingerprint density at radius 2 is 1.74 bits per heavy atom.